The fourth-order valence-electron chi connectivity index (χ4n) is 3.45. The molecule has 0 saturated heterocycles. The monoisotopic (exact) mass is 299 g/mol. The zero-order valence-electron chi connectivity index (χ0n) is 13.2. The van der Waals surface area contributed by atoms with Crippen LogP contribution < -0.4 is 0 Å². The van der Waals surface area contributed by atoms with Crippen LogP contribution in [0.2, 0.25) is 0 Å². The Morgan fingerprint density at radius 1 is 0.826 bits per heavy atom. The molecule has 1 nitrogen and oxygen atoms in total. The summed E-state index contributed by atoms with van der Waals surface area (Å²) in [5.74, 6) is 0.521. The fourth-order valence-corrected chi connectivity index (χ4v) is 3.45. The maximum atomic E-state index is 3.68. The van der Waals surface area contributed by atoms with E-state index >= 15 is 0 Å². The number of aromatic nitrogens is 1. The van der Waals surface area contributed by atoms with Gasteiger partial charge in [-0.15, -0.1) is 0 Å². The van der Waals surface area contributed by atoms with E-state index in [1.54, 1.807) is 0 Å². The molecule has 1 aliphatic carbocycles. The van der Waals surface area contributed by atoms with E-state index in [4.69, 9.17) is 0 Å². The summed E-state index contributed by atoms with van der Waals surface area (Å²) in [4.78, 5) is 3.68. The molecule has 1 aliphatic rings. The van der Waals surface area contributed by atoms with E-state index in [2.05, 4.69) is 83.9 Å². The van der Waals surface area contributed by atoms with E-state index in [9.17, 15) is 0 Å². The van der Waals surface area contributed by atoms with E-state index in [1.807, 2.05) is 0 Å². The van der Waals surface area contributed by atoms with Gasteiger partial charge in [0.1, 0.15) is 0 Å². The van der Waals surface area contributed by atoms with E-state index in [1.165, 1.54) is 47.3 Å². The highest BCUT2D eigenvalue weighted by molar-refractivity contribution is 5.72. The van der Waals surface area contributed by atoms with E-state index in [0.717, 1.165) is 0 Å². The van der Waals surface area contributed by atoms with Crippen LogP contribution >= 0.6 is 0 Å². The summed E-state index contributed by atoms with van der Waals surface area (Å²) in [6.45, 7) is 0. The first kappa shape index (κ1) is 14.1. The molecule has 0 saturated carbocycles. The zero-order valence-corrected chi connectivity index (χ0v) is 13.2. The Bertz CT molecular complexity index is 797. The molecule has 1 heteroatoms. The van der Waals surface area contributed by atoms with Gasteiger partial charge in [0.05, 0.1) is 0 Å². The molecule has 3 aromatic rings. The predicted octanol–water partition coefficient (Wildman–Crippen LogP) is 6.17. The smallest absolute Gasteiger partial charge is 0.0497 e. The summed E-state index contributed by atoms with van der Waals surface area (Å²) < 4.78 is 0. The Labute approximate surface area is 137 Å². The quantitative estimate of drug-likeness (QED) is 0.556. The standard InChI is InChI=1S/C22H21N/c1-4-10-17(11-5-1)20-16-21(18-12-6-2-7-13-18)23-22(20)19-14-8-3-9-15-19/h2-4,6-10,12-17,23H,1,5,11H2. The molecule has 1 aromatic heterocycles. The average molecular weight is 299 g/mol. The van der Waals surface area contributed by atoms with Crippen molar-refractivity contribution in [3.05, 3.63) is 84.4 Å². The first-order chi connectivity index (χ1) is 11.4. The van der Waals surface area contributed by atoms with Gasteiger partial charge in [0.2, 0.25) is 0 Å². The third-order valence-electron chi connectivity index (χ3n) is 4.65. The highest BCUT2D eigenvalue weighted by Gasteiger charge is 2.19. The third kappa shape index (κ3) is 2.87. The molecule has 0 spiro atoms. The van der Waals surface area contributed by atoms with Gasteiger partial charge in [0.25, 0.3) is 0 Å². The van der Waals surface area contributed by atoms with Crippen molar-refractivity contribution in [1.82, 2.24) is 4.98 Å². The van der Waals surface area contributed by atoms with Gasteiger partial charge in [-0.1, -0.05) is 72.8 Å². The van der Waals surface area contributed by atoms with Crippen molar-refractivity contribution in [3.8, 4) is 22.5 Å². The van der Waals surface area contributed by atoms with E-state index in [-0.39, 0.29) is 0 Å². The highest BCUT2D eigenvalue weighted by atomic mass is 14.7. The largest absolute Gasteiger partial charge is 0.354 e. The van der Waals surface area contributed by atoms with Crippen LogP contribution in [-0.2, 0) is 0 Å². The van der Waals surface area contributed by atoms with Gasteiger partial charge in [-0.05, 0) is 42.0 Å². The van der Waals surface area contributed by atoms with E-state index < -0.39 is 0 Å². The fraction of sp³-hybridized carbons (Fsp3) is 0.182. The number of rotatable bonds is 3. The molecular weight excluding hydrogens is 278 g/mol. The lowest BCUT2D eigenvalue weighted by Gasteiger charge is -2.17. The van der Waals surface area contributed by atoms with Crippen LogP contribution in [0.4, 0.5) is 0 Å². The molecule has 0 fully saturated rings. The second-order valence-corrected chi connectivity index (χ2v) is 6.21. The molecule has 4 rings (SSSR count). The predicted molar refractivity (Wildman–Crippen MR) is 97.4 cm³/mol. The molecule has 0 aliphatic heterocycles. The SMILES string of the molecule is C1=CC(c2cc(-c3ccccc3)[nH]c2-c2ccccc2)CCC1. The second kappa shape index (κ2) is 6.29. The molecule has 1 unspecified atom stereocenters. The summed E-state index contributed by atoms with van der Waals surface area (Å²) in [5, 5.41) is 0. The lowest BCUT2D eigenvalue weighted by Crippen LogP contribution is -1.99. The van der Waals surface area contributed by atoms with Crippen LogP contribution in [-0.4, -0.2) is 4.98 Å². The van der Waals surface area contributed by atoms with Gasteiger partial charge in [-0.25, -0.2) is 0 Å². The van der Waals surface area contributed by atoms with Crippen molar-refractivity contribution in [1.29, 1.82) is 0 Å². The molecule has 23 heavy (non-hydrogen) atoms. The molecule has 0 radical (unpaired) electrons. The maximum absolute atomic E-state index is 3.68. The van der Waals surface area contributed by atoms with Crippen LogP contribution in [0.15, 0.2) is 78.9 Å². The van der Waals surface area contributed by atoms with Crippen molar-refractivity contribution in [2.75, 3.05) is 0 Å². The maximum Gasteiger partial charge on any atom is 0.0497 e. The number of hydrogen-bond acceptors (Lipinski definition) is 0. The van der Waals surface area contributed by atoms with Crippen LogP contribution in [0, 0.1) is 0 Å². The van der Waals surface area contributed by atoms with E-state index in [0.29, 0.717) is 5.92 Å². The lowest BCUT2D eigenvalue weighted by molar-refractivity contribution is 0.656. The number of benzene rings is 2. The van der Waals surface area contributed by atoms with Gasteiger partial charge < -0.3 is 4.98 Å². The Hall–Kier alpha value is -2.54. The van der Waals surface area contributed by atoms with Crippen molar-refractivity contribution in [3.63, 3.8) is 0 Å². The average Bonchev–Trinajstić information content (AvgIpc) is 3.09. The summed E-state index contributed by atoms with van der Waals surface area (Å²) in [6.07, 6.45) is 8.45. The minimum Gasteiger partial charge on any atom is -0.354 e. The topological polar surface area (TPSA) is 15.8 Å². The van der Waals surface area contributed by atoms with Crippen LogP contribution in [0.1, 0.15) is 30.7 Å². The van der Waals surface area contributed by atoms with Crippen molar-refractivity contribution < 1.29 is 0 Å². The molecule has 1 atom stereocenters. The highest BCUT2D eigenvalue weighted by Crippen LogP contribution is 2.37. The second-order valence-electron chi connectivity index (χ2n) is 6.21. The molecule has 0 amide bonds. The van der Waals surface area contributed by atoms with Gasteiger partial charge in [0, 0.05) is 17.3 Å². The molecule has 2 aromatic carbocycles. The minimum atomic E-state index is 0.521. The Morgan fingerprint density at radius 2 is 1.52 bits per heavy atom. The normalized spacial score (nSPS) is 17.3. The van der Waals surface area contributed by atoms with Crippen LogP contribution in [0.25, 0.3) is 22.5 Å². The number of nitrogens with one attached hydrogen (secondary N) is 1. The molecule has 114 valence electrons. The van der Waals surface area contributed by atoms with Crippen LogP contribution in [0.5, 0.6) is 0 Å². The van der Waals surface area contributed by atoms with Crippen molar-refractivity contribution >= 4 is 0 Å². The summed E-state index contributed by atoms with van der Waals surface area (Å²) in [6, 6.07) is 23.6. The zero-order chi connectivity index (χ0) is 15.5. The number of aromatic amines is 1. The first-order valence-corrected chi connectivity index (χ1v) is 8.42. The molecule has 1 heterocycles. The summed E-state index contributed by atoms with van der Waals surface area (Å²) in [7, 11) is 0. The lowest BCUT2D eigenvalue weighted by atomic mass is 9.88. The van der Waals surface area contributed by atoms with Crippen molar-refractivity contribution in [2.24, 2.45) is 0 Å². The summed E-state index contributed by atoms with van der Waals surface area (Å²) in [5.41, 5.74) is 6.41. The molecule has 1 N–H and O–H groups in total. The molecular formula is C22H21N. The first-order valence-electron chi connectivity index (χ1n) is 8.42. The Kier molecular flexibility index (Phi) is 3.85. The Balaban J connectivity index is 1.84. The van der Waals surface area contributed by atoms with Gasteiger partial charge >= 0.3 is 0 Å². The van der Waals surface area contributed by atoms with Crippen molar-refractivity contribution in [2.45, 2.75) is 25.2 Å². The molecule has 0 bridgehead atoms. The van der Waals surface area contributed by atoms with Gasteiger partial charge in [-0.2, -0.15) is 0 Å². The Morgan fingerprint density at radius 3 is 2.17 bits per heavy atom. The number of H-pyrrole nitrogens is 1. The minimum absolute atomic E-state index is 0.521. The summed E-state index contributed by atoms with van der Waals surface area (Å²) >= 11 is 0. The van der Waals surface area contributed by atoms with Gasteiger partial charge in [0.15, 0.2) is 0 Å². The third-order valence-corrected chi connectivity index (χ3v) is 4.65. The number of allylic oxidation sites excluding steroid dienone is 2. The number of hydrogen-bond donors (Lipinski definition) is 1. The van der Waals surface area contributed by atoms with Crippen LogP contribution in [0.3, 0.4) is 0 Å². The van der Waals surface area contributed by atoms with Gasteiger partial charge in [-0.3, -0.25) is 0 Å².